The minimum atomic E-state index is -0.437. The van der Waals surface area contributed by atoms with Gasteiger partial charge >= 0.3 is 0 Å². The van der Waals surface area contributed by atoms with E-state index in [2.05, 4.69) is 14.9 Å². The van der Waals surface area contributed by atoms with Gasteiger partial charge in [0.05, 0.1) is 12.0 Å². The van der Waals surface area contributed by atoms with Crippen molar-refractivity contribution in [3.63, 3.8) is 0 Å². The quantitative estimate of drug-likeness (QED) is 0.807. The van der Waals surface area contributed by atoms with E-state index < -0.39 is 5.82 Å². The summed E-state index contributed by atoms with van der Waals surface area (Å²) in [5.74, 6) is -0.335. The van der Waals surface area contributed by atoms with E-state index in [1.54, 1.807) is 18.2 Å². The average molecular weight is 250 g/mol. The van der Waals surface area contributed by atoms with Crippen molar-refractivity contribution < 1.29 is 18.4 Å². The van der Waals surface area contributed by atoms with Crippen molar-refractivity contribution in [2.45, 2.75) is 6.42 Å². The zero-order valence-electron chi connectivity index (χ0n) is 9.72. The Morgan fingerprint density at radius 1 is 1.44 bits per heavy atom. The molecule has 0 aliphatic rings. The van der Waals surface area contributed by atoms with Crippen LogP contribution in [0.5, 0.6) is 0 Å². The van der Waals surface area contributed by atoms with Gasteiger partial charge < -0.3 is 9.26 Å². The van der Waals surface area contributed by atoms with Gasteiger partial charge in [-0.2, -0.15) is 4.98 Å². The van der Waals surface area contributed by atoms with Gasteiger partial charge in [-0.3, -0.25) is 4.79 Å². The summed E-state index contributed by atoms with van der Waals surface area (Å²) in [5.41, 5.74) is 0.242. The molecule has 0 radical (unpaired) electrons. The molecule has 0 aliphatic carbocycles. The Hall–Kier alpha value is -2.08. The number of halogens is 1. The number of benzene rings is 1. The highest BCUT2D eigenvalue weighted by atomic mass is 19.1. The minimum absolute atomic E-state index is 0.0165. The number of aromatic nitrogens is 2. The van der Waals surface area contributed by atoms with E-state index in [4.69, 9.17) is 4.52 Å². The van der Waals surface area contributed by atoms with E-state index in [1.807, 2.05) is 0 Å². The van der Waals surface area contributed by atoms with Crippen molar-refractivity contribution in [3.8, 4) is 11.4 Å². The fraction of sp³-hybridized carbons (Fsp3) is 0.250. The number of hydrogen-bond donors (Lipinski definition) is 0. The van der Waals surface area contributed by atoms with Gasteiger partial charge in [0.15, 0.2) is 5.78 Å². The number of methoxy groups -OCH3 is 1. The minimum Gasteiger partial charge on any atom is -0.377 e. The molecule has 0 amide bonds. The van der Waals surface area contributed by atoms with Crippen LogP contribution in [0.1, 0.15) is 5.89 Å². The van der Waals surface area contributed by atoms with Crippen LogP contribution in [-0.4, -0.2) is 29.6 Å². The molecular weight excluding hydrogens is 239 g/mol. The lowest BCUT2D eigenvalue weighted by molar-refractivity contribution is -0.122. The summed E-state index contributed by atoms with van der Waals surface area (Å²) in [6.45, 7) is -0.0165. The molecule has 0 aliphatic heterocycles. The SMILES string of the molecule is COCC(=O)Cc1nc(-c2ccccc2F)no1. The number of carbonyl (C=O) groups excluding carboxylic acids is 1. The predicted octanol–water partition coefficient (Wildman–Crippen LogP) is 1.63. The zero-order chi connectivity index (χ0) is 13.0. The van der Waals surface area contributed by atoms with Gasteiger partial charge in [-0.25, -0.2) is 4.39 Å². The van der Waals surface area contributed by atoms with Gasteiger partial charge in [-0.15, -0.1) is 0 Å². The molecule has 5 nitrogen and oxygen atoms in total. The molecule has 0 unspecified atom stereocenters. The number of nitrogens with zero attached hydrogens (tertiary/aromatic N) is 2. The molecule has 18 heavy (non-hydrogen) atoms. The monoisotopic (exact) mass is 250 g/mol. The molecule has 0 spiro atoms. The summed E-state index contributed by atoms with van der Waals surface area (Å²) < 4.78 is 23.0. The molecule has 0 bridgehead atoms. The van der Waals surface area contributed by atoms with Crippen LogP contribution in [-0.2, 0) is 16.0 Å². The maximum absolute atomic E-state index is 13.5. The molecule has 2 aromatic rings. The largest absolute Gasteiger partial charge is 0.377 e. The molecule has 0 fully saturated rings. The number of hydrogen-bond acceptors (Lipinski definition) is 5. The maximum atomic E-state index is 13.5. The van der Waals surface area contributed by atoms with Crippen LogP contribution in [0.15, 0.2) is 28.8 Å². The summed E-state index contributed by atoms with van der Waals surface area (Å²) >= 11 is 0. The molecule has 2 rings (SSSR count). The second-order valence-electron chi connectivity index (χ2n) is 3.64. The lowest BCUT2D eigenvalue weighted by Crippen LogP contribution is -2.09. The number of carbonyl (C=O) groups is 1. The van der Waals surface area contributed by atoms with Crippen LogP contribution in [0, 0.1) is 5.82 Å². The second-order valence-corrected chi connectivity index (χ2v) is 3.64. The van der Waals surface area contributed by atoms with Crippen LogP contribution in [0.2, 0.25) is 0 Å². The first kappa shape index (κ1) is 12.4. The van der Waals surface area contributed by atoms with Crippen molar-refractivity contribution >= 4 is 5.78 Å². The van der Waals surface area contributed by atoms with Gasteiger partial charge in [0.25, 0.3) is 0 Å². The van der Waals surface area contributed by atoms with E-state index in [0.29, 0.717) is 0 Å². The highest BCUT2D eigenvalue weighted by molar-refractivity contribution is 5.81. The smallest absolute Gasteiger partial charge is 0.234 e. The van der Waals surface area contributed by atoms with Crippen molar-refractivity contribution in [3.05, 3.63) is 36.0 Å². The van der Waals surface area contributed by atoms with Gasteiger partial charge in [0.1, 0.15) is 12.4 Å². The first-order valence-corrected chi connectivity index (χ1v) is 5.29. The normalized spacial score (nSPS) is 10.6. The Morgan fingerprint density at radius 2 is 2.22 bits per heavy atom. The molecule has 0 N–H and O–H groups in total. The van der Waals surface area contributed by atoms with Crippen LogP contribution in [0.25, 0.3) is 11.4 Å². The highest BCUT2D eigenvalue weighted by Crippen LogP contribution is 2.19. The van der Waals surface area contributed by atoms with Crippen molar-refractivity contribution in [2.75, 3.05) is 13.7 Å². The van der Waals surface area contributed by atoms with Crippen molar-refractivity contribution in [1.82, 2.24) is 10.1 Å². The molecule has 1 aromatic carbocycles. The second kappa shape index (κ2) is 5.50. The van der Waals surface area contributed by atoms with Crippen LogP contribution < -0.4 is 0 Å². The van der Waals surface area contributed by atoms with E-state index in [1.165, 1.54) is 13.2 Å². The molecule has 0 saturated heterocycles. The summed E-state index contributed by atoms with van der Waals surface area (Å²) in [7, 11) is 1.43. The first-order valence-electron chi connectivity index (χ1n) is 5.29. The first-order chi connectivity index (χ1) is 8.70. The number of ether oxygens (including phenoxy) is 1. The lowest BCUT2D eigenvalue weighted by Gasteiger charge is -1.95. The molecular formula is C12H11FN2O3. The van der Waals surface area contributed by atoms with Crippen LogP contribution >= 0.6 is 0 Å². The third-order valence-electron chi connectivity index (χ3n) is 2.24. The van der Waals surface area contributed by atoms with Crippen LogP contribution in [0.3, 0.4) is 0 Å². The van der Waals surface area contributed by atoms with Crippen molar-refractivity contribution in [1.29, 1.82) is 0 Å². The number of Topliss-reactive ketones (excluding diaryl/α,β-unsaturated/α-hetero) is 1. The van der Waals surface area contributed by atoms with Crippen LogP contribution in [0.4, 0.5) is 4.39 Å². The van der Waals surface area contributed by atoms with E-state index in [-0.39, 0.29) is 36.1 Å². The summed E-state index contributed by atoms with van der Waals surface area (Å²) in [5, 5.41) is 3.64. The average Bonchev–Trinajstić information content (AvgIpc) is 2.78. The molecule has 0 atom stereocenters. The van der Waals surface area contributed by atoms with E-state index in [0.717, 1.165) is 0 Å². The van der Waals surface area contributed by atoms with Gasteiger partial charge in [0.2, 0.25) is 11.7 Å². The third kappa shape index (κ3) is 2.78. The van der Waals surface area contributed by atoms with Crippen molar-refractivity contribution in [2.24, 2.45) is 0 Å². The molecule has 1 aromatic heterocycles. The summed E-state index contributed by atoms with van der Waals surface area (Å²) in [6.07, 6.45) is -0.0186. The molecule has 94 valence electrons. The maximum Gasteiger partial charge on any atom is 0.234 e. The molecule has 0 saturated carbocycles. The number of rotatable bonds is 5. The van der Waals surface area contributed by atoms with Gasteiger partial charge in [-0.05, 0) is 12.1 Å². The van der Waals surface area contributed by atoms with E-state index >= 15 is 0 Å². The van der Waals surface area contributed by atoms with E-state index in [9.17, 15) is 9.18 Å². The third-order valence-corrected chi connectivity index (χ3v) is 2.24. The molecule has 6 heteroatoms. The Kier molecular flexibility index (Phi) is 3.78. The number of ketones is 1. The predicted molar refractivity (Wildman–Crippen MR) is 60.3 cm³/mol. The summed E-state index contributed by atoms with van der Waals surface area (Å²) in [6, 6.07) is 6.09. The highest BCUT2D eigenvalue weighted by Gasteiger charge is 2.14. The summed E-state index contributed by atoms with van der Waals surface area (Å²) in [4.78, 5) is 15.3. The molecule has 1 heterocycles. The standard InChI is InChI=1S/C12H11FN2O3/c1-17-7-8(16)6-11-14-12(15-18-11)9-4-2-3-5-10(9)13/h2-5H,6-7H2,1H3. The fourth-order valence-electron chi connectivity index (χ4n) is 1.46. The Bertz CT molecular complexity index is 554. The Balaban J connectivity index is 2.16. The van der Waals surface area contributed by atoms with Gasteiger partial charge in [0, 0.05) is 7.11 Å². The topological polar surface area (TPSA) is 65.2 Å². The Labute approximate surface area is 103 Å². The van der Waals surface area contributed by atoms with Gasteiger partial charge in [-0.1, -0.05) is 17.3 Å². The Morgan fingerprint density at radius 3 is 2.94 bits per heavy atom. The lowest BCUT2D eigenvalue weighted by atomic mass is 10.2. The fourth-order valence-corrected chi connectivity index (χ4v) is 1.46. The zero-order valence-corrected chi connectivity index (χ0v) is 9.72.